The van der Waals surface area contributed by atoms with E-state index >= 15 is 0 Å². The lowest BCUT2D eigenvalue weighted by atomic mass is 10.0. The largest absolute Gasteiger partial charge is 0.314 e. The molecule has 0 aromatic carbocycles. The fourth-order valence-electron chi connectivity index (χ4n) is 2.35. The second-order valence-electron chi connectivity index (χ2n) is 5.35. The van der Waals surface area contributed by atoms with E-state index in [-0.39, 0.29) is 0 Å². The average Bonchev–Trinajstić information content (AvgIpc) is 2.34. The number of hydrogen-bond acceptors (Lipinski definition) is 1. The number of hydrogen-bond donors (Lipinski definition) is 1. The van der Waals surface area contributed by atoms with Gasteiger partial charge in [0.15, 0.2) is 0 Å². The molecular formula is C16H35N. The molecule has 0 heterocycles. The molecule has 0 aliphatic rings. The van der Waals surface area contributed by atoms with Crippen LogP contribution in [0.4, 0.5) is 0 Å². The Labute approximate surface area is 110 Å². The third kappa shape index (κ3) is 12.2. The summed E-state index contributed by atoms with van der Waals surface area (Å²) in [5.74, 6) is 0. The van der Waals surface area contributed by atoms with Crippen LogP contribution in [0.5, 0.6) is 0 Å². The lowest BCUT2D eigenvalue weighted by Gasteiger charge is -2.17. The zero-order valence-electron chi connectivity index (χ0n) is 12.6. The molecule has 104 valence electrons. The summed E-state index contributed by atoms with van der Waals surface area (Å²) in [6, 6.07) is 0.790. The van der Waals surface area contributed by atoms with Crippen molar-refractivity contribution in [2.45, 2.75) is 97.4 Å². The molecule has 0 saturated heterocycles. The maximum absolute atomic E-state index is 3.72. The Morgan fingerprint density at radius 3 is 1.94 bits per heavy atom. The molecule has 0 rings (SSSR count). The molecule has 0 aromatic rings. The van der Waals surface area contributed by atoms with Crippen LogP contribution < -0.4 is 5.32 Å². The Morgan fingerprint density at radius 2 is 1.29 bits per heavy atom. The van der Waals surface area contributed by atoms with Crippen molar-refractivity contribution in [3.05, 3.63) is 0 Å². The minimum atomic E-state index is 0.790. The smallest absolute Gasteiger partial charge is 0.00669 e. The molecule has 0 spiro atoms. The lowest BCUT2D eigenvalue weighted by molar-refractivity contribution is 0.423. The van der Waals surface area contributed by atoms with Gasteiger partial charge in [-0.1, -0.05) is 72.1 Å². The molecule has 1 N–H and O–H groups in total. The monoisotopic (exact) mass is 241 g/mol. The highest BCUT2D eigenvalue weighted by atomic mass is 14.9. The molecular weight excluding hydrogens is 206 g/mol. The first kappa shape index (κ1) is 17.0. The topological polar surface area (TPSA) is 12.0 Å². The normalized spacial score (nSPS) is 12.9. The van der Waals surface area contributed by atoms with Crippen molar-refractivity contribution in [2.24, 2.45) is 0 Å². The summed E-state index contributed by atoms with van der Waals surface area (Å²) in [6.07, 6.45) is 15.2. The predicted octanol–water partition coefficient (Wildman–Crippen LogP) is 5.30. The summed E-state index contributed by atoms with van der Waals surface area (Å²) >= 11 is 0. The van der Waals surface area contributed by atoms with Gasteiger partial charge in [-0.15, -0.1) is 0 Å². The van der Waals surface area contributed by atoms with Crippen LogP contribution in [0.25, 0.3) is 0 Å². The summed E-state index contributed by atoms with van der Waals surface area (Å²) < 4.78 is 0. The zero-order valence-corrected chi connectivity index (χ0v) is 12.6. The molecule has 0 aromatic heterocycles. The van der Waals surface area contributed by atoms with E-state index in [1.807, 2.05) is 0 Å². The van der Waals surface area contributed by atoms with Crippen LogP contribution in [0.1, 0.15) is 91.4 Å². The Morgan fingerprint density at radius 1 is 0.647 bits per heavy atom. The molecule has 1 atom stereocenters. The third-order valence-corrected chi connectivity index (χ3v) is 3.51. The fourth-order valence-corrected chi connectivity index (χ4v) is 2.35. The highest BCUT2D eigenvalue weighted by molar-refractivity contribution is 4.66. The number of unbranched alkanes of at least 4 members (excludes halogenated alkanes) is 6. The van der Waals surface area contributed by atoms with Crippen LogP contribution in [0, 0.1) is 0 Å². The van der Waals surface area contributed by atoms with E-state index < -0.39 is 0 Å². The summed E-state index contributed by atoms with van der Waals surface area (Å²) in [6.45, 7) is 8.08. The van der Waals surface area contributed by atoms with Crippen LogP contribution in [0.3, 0.4) is 0 Å². The van der Waals surface area contributed by atoms with Gasteiger partial charge >= 0.3 is 0 Å². The molecule has 0 amide bonds. The molecule has 17 heavy (non-hydrogen) atoms. The SMILES string of the molecule is CCCCCCCCC(CCC)NCCCC. The Balaban J connectivity index is 3.41. The molecule has 0 radical (unpaired) electrons. The molecule has 0 aliphatic heterocycles. The summed E-state index contributed by atoms with van der Waals surface area (Å²) in [4.78, 5) is 0. The highest BCUT2D eigenvalue weighted by Crippen LogP contribution is 2.11. The molecule has 0 saturated carbocycles. The highest BCUT2D eigenvalue weighted by Gasteiger charge is 2.05. The summed E-state index contributed by atoms with van der Waals surface area (Å²) in [5.41, 5.74) is 0. The molecule has 0 aliphatic carbocycles. The van der Waals surface area contributed by atoms with Gasteiger partial charge < -0.3 is 5.32 Å². The van der Waals surface area contributed by atoms with Crippen molar-refractivity contribution < 1.29 is 0 Å². The van der Waals surface area contributed by atoms with Gasteiger partial charge in [0.2, 0.25) is 0 Å². The molecule has 1 heteroatoms. The van der Waals surface area contributed by atoms with Crippen LogP contribution in [0.2, 0.25) is 0 Å². The lowest BCUT2D eigenvalue weighted by Crippen LogP contribution is -2.29. The maximum Gasteiger partial charge on any atom is 0.00669 e. The maximum atomic E-state index is 3.72. The first-order chi connectivity index (χ1) is 8.35. The summed E-state index contributed by atoms with van der Waals surface area (Å²) in [7, 11) is 0. The van der Waals surface area contributed by atoms with Crippen molar-refractivity contribution in [3.63, 3.8) is 0 Å². The first-order valence-electron chi connectivity index (χ1n) is 8.08. The molecule has 0 bridgehead atoms. The zero-order chi connectivity index (χ0) is 12.8. The van der Waals surface area contributed by atoms with E-state index in [1.165, 1.54) is 77.2 Å². The van der Waals surface area contributed by atoms with Gasteiger partial charge in [0.1, 0.15) is 0 Å². The van der Waals surface area contributed by atoms with E-state index in [0.717, 1.165) is 6.04 Å². The van der Waals surface area contributed by atoms with Crippen LogP contribution >= 0.6 is 0 Å². The van der Waals surface area contributed by atoms with Gasteiger partial charge in [-0.2, -0.15) is 0 Å². The Bertz CT molecular complexity index is 133. The molecule has 1 nitrogen and oxygen atoms in total. The Kier molecular flexibility index (Phi) is 14.0. The average molecular weight is 241 g/mol. The molecule has 0 fully saturated rings. The van der Waals surface area contributed by atoms with Crippen LogP contribution in [0.15, 0.2) is 0 Å². The van der Waals surface area contributed by atoms with E-state index in [0.29, 0.717) is 0 Å². The van der Waals surface area contributed by atoms with Gasteiger partial charge in [0, 0.05) is 6.04 Å². The van der Waals surface area contributed by atoms with Gasteiger partial charge in [-0.3, -0.25) is 0 Å². The van der Waals surface area contributed by atoms with Gasteiger partial charge in [0.25, 0.3) is 0 Å². The van der Waals surface area contributed by atoms with E-state index in [9.17, 15) is 0 Å². The van der Waals surface area contributed by atoms with E-state index in [1.54, 1.807) is 0 Å². The van der Waals surface area contributed by atoms with Crippen molar-refractivity contribution in [2.75, 3.05) is 6.54 Å². The predicted molar refractivity (Wildman–Crippen MR) is 79.6 cm³/mol. The van der Waals surface area contributed by atoms with Gasteiger partial charge in [-0.05, 0) is 25.8 Å². The summed E-state index contributed by atoms with van der Waals surface area (Å²) in [5, 5.41) is 3.72. The second-order valence-corrected chi connectivity index (χ2v) is 5.35. The van der Waals surface area contributed by atoms with Crippen LogP contribution in [-0.2, 0) is 0 Å². The molecule has 1 unspecified atom stereocenters. The van der Waals surface area contributed by atoms with E-state index in [2.05, 4.69) is 26.1 Å². The van der Waals surface area contributed by atoms with Gasteiger partial charge in [-0.25, -0.2) is 0 Å². The number of rotatable bonds is 13. The quantitative estimate of drug-likeness (QED) is 0.432. The Hall–Kier alpha value is -0.0400. The fraction of sp³-hybridized carbons (Fsp3) is 1.00. The first-order valence-corrected chi connectivity index (χ1v) is 8.08. The minimum Gasteiger partial charge on any atom is -0.314 e. The van der Waals surface area contributed by atoms with Crippen molar-refractivity contribution >= 4 is 0 Å². The third-order valence-electron chi connectivity index (χ3n) is 3.51. The minimum absolute atomic E-state index is 0.790. The standard InChI is InChI=1S/C16H35N/c1-4-7-9-10-11-12-14-16(13-6-3)17-15-8-5-2/h16-17H,4-15H2,1-3H3. The van der Waals surface area contributed by atoms with Crippen molar-refractivity contribution in [1.29, 1.82) is 0 Å². The van der Waals surface area contributed by atoms with E-state index in [4.69, 9.17) is 0 Å². The second kappa shape index (κ2) is 14.0. The van der Waals surface area contributed by atoms with Crippen LogP contribution in [-0.4, -0.2) is 12.6 Å². The van der Waals surface area contributed by atoms with Gasteiger partial charge in [0.05, 0.1) is 0 Å². The van der Waals surface area contributed by atoms with Crippen molar-refractivity contribution in [3.8, 4) is 0 Å². The number of nitrogens with one attached hydrogen (secondary N) is 1. The van der Waals surface area contributed by atoms with Crippen molar-refractivity contribution in [1.82, 2.24) is 5.32 Å².